The number of imidazole rings is 1. The third-order valence-electron chi connectivity index (χ3n) is 11.2. The van der Waals surface area contributed by atoms with Crippen LogP contribution in [0.15, 0.2) is 116 Å². The van der Waals surface area contributed by atoms with E-state index in [0.717, 1.165) is 23.1 Å². The summed E-state index contributed by atoms with van der Waals surface area (Å²) in [4.78, 5) is 61.2. The zero-order valence-electron chi connectivity index (χ0n) is 38.4. The van der Waals surface area contributed by atoms with Crippen LogP contribution in [0.2, 0.25) is 10.0 Å². The van der Waals surface area contributed by atoms with E-state index < -0.39 is 47.5 Å². The molecule has 7 aromatic rings. The Balaban J connectivity index is 0.000000188. The minimum Gasteiger partial charge on any atom is -0.443 e. The van der Waals surface area contributed by atoms with Crippen molar-refractivity contribution in [2.45, 2.75) is 64.8 Å². The molecule has 2 aliphatic rings. The average molecular weight is 1050 g/mol. The first kappa shape index (κ1) is 54.0. The van der Waals surface area contributed by atoms with Gasteiger partial charge < -0.3 is 31.2 Å². The molecule has 21 heteroatoms. The maximum atomic E-state index is 14.7. The first-order valence-electron chi connectivity index (χ1n) is 21.9. The molecule has 0 spiro atoms. The molecule has 0 unspecified atom stereocenters. The van der Waals surface area contributed by atoms with Gasteiger partial charge in [-0.3, -0.25) is 19.6 Å². The molecule has 72 heavy (non-hydrogen) atoms. The lowest BCUT2D eigenvalue weighted by Gasteiger charge is -2.16. The van der Waals surface area contributed by atoms with Crippen LogP contribution in [0.3, 0.4) is 0 Å². The van der Waals surface area contributed by atoms with Crippen molar-refractivity contribution in [1.82, 2.24) is 24.8 Å². The van der Waals surface area contributed by atoms with Gasteiger partial charge in [-0.2, -0.15) is 0 Å². The van der Waals surface area contributed by atoms with Gasteiger partial charge in [-0.1, -0.05) is 35.3 Å². The van der Waals surface area contributed by atoms with Crippen molar-refractivity contribution in [2.75, 3.05) is 10.6 Å². The standard InChI is InChI=1S/C24H20ClF2N3O3.C16H13ClF2N2O.C11H11N3O2.ClH/c1-13-3-2-4-15(28-13)12-33-24(32)30-21-10-7-16-17(6-9-20(27)22(16)21)23(31)29-14-5-8-19(26)18(25)11-14;17-11-7-8(1-4-12(11)18)21-16(22)10-2-5-13(19)15-9(10)3-6-14(15)20;1-9-3-2-4-10(13-9)7-16-11(15)14-6-5-12-8-14;/h2-6,8-9,11,21H,7,10,12H2,1H3,(H,29,31)(H,30,32);1-2,4-5,7,14H,3,6,20H2,(H,21,22);2-6,8H,7H2,1H3;1H/t21-;14-;;/m00../s1. The molecule has 0 bridgehead atoms. The number of carbonyl (C=O) groups is 4. The Bertz CT molecular complexity index is 3110. The van der Waals surface area contributed by atoms with Crippen molar-refractivity contribution in [2.24, 2.45) is 5.73 Å². The maximum absolute atomic E-state index is 14.7. The number of carbonyl (C=O) groups excluding carboxylic acids is 4. The van der Waals surface area contributed by atoms with Crippen LogP contribution >= 0.6 is 35.6 Å². The summed E-state index contributed by atoms with van der Waals surface area (Å²) in [5.41, 5.74) is 12.0. The van der Waals surface area contributed by atoms with E-state index in [9.17, 15) is 36.7 Å². The van der Waals surface area contributed by atoms with Crippen LogP contribution in [0, 0.1) is 37.1 Å². The summed E-state index contributed by atoms with van der Waals surface area (Å²) in [6.07, 6.45) is 5.26. The number of ether oxygens (including phenoxy) is 2. The third kappa shape index (κ3) is 13.7. The van der Waals surface area contributed by atoms with Crippen LogP contribution in [0.4, 0.5) is 38.5 Å². The number of alkyl carbamates (subject to hydrolysis) is 1. The number of fused-ring (bicyclic) bond motifs is 2. The Morgan fingerprint density at radius 2 is 1.18 bits per heavy atom. The fourth-order valence-electron chi connectivity index (χ4n) is 7.84. The Morgan fingerprint density at radius 1 is 0.681 bits per heavy atom. The first-order valence-corrected chi connectivity index (χ1v) is 22.6. The van der Waals surface area contributed by atoms with Gasteiger partial charge in [-0.25, -0.2) is 36.7 Å². The second-order valence-corrected chi connectivity index (χ2v) is 17.0. The van der Waals surface area contributed by atoms with Gasteiger partial charge >= 0.3 is 12.2 Å². The minimum absolute atomic E-state index is 0. The summed E-state index contributed by atoms with van der Waals surface area (Å²) in [5.74, 6) is -2.95. The number of halogens is 7. The SMILES string of the molecule is Cc1cccc(COC(=O)N[C@H]2CCc3c(C(=O)Nc4ccc(F)c(Cl)c4)ccc(F)c32)n1.Cc1cccc(COC(=O)n2ccnc2)n1.Cl.N[C@H]1CCc2c(C(=O)Nc3ccc(F)c(Cl)c3)ccc(F)c21. The number of hydrogen-bond acceptors (Lipinski definition) is 10. The molecule has 5 N–H and O–H groups in total. The number of aryl methyl sites for hydroxylation is 2. The number of amides is 3. The number of nitrogens with one attached hydrogen (secondary N) is 3. The molecule has 4 aromatic carbocycles. The van der Waals surface area contributed by atoms with E-state index in [1.54, 1.807) is 6.07 Å². The molecule has 0 saturated heterocycles. The van der Waals surface area contributed by atoms with Crippen LogP contribution in [-0.2, 0) is 35.5 Å². The molecular weight excluding hydrogens is 1000 g/mol. The van der Waals surface area contributed by atoms with Gasteiger partial charge in [0.05, 0.1) is 27.5 Å². The molecule has 374 valence electrons. The van der Waals surface area contributed by atoms with E-state index in [4.69, 9.17) is 38.4 Å². The monoisotopic (exact) mass is 1050 g/mol. The summed E-state index contributed by atoms with van der Waals surface area (Å²) in [6, 6.07) is 22.9. The molecule has 0 radical (unpaired) electrons. The number of nitrogens with two attached hydrogens (primary N) is 1. The lowest BCUT2D eigenvalue weighted by Crippen LogP contribution is -2.28. The van der Waals surface area contributed by atoms with Crippen molar-refractivity contribution in [1.29, 1.82) is 0 Å². The van der Waals surface area contributed by atoms with Gasteiger partial charge in [0, 0.05) is 63.5 Å². The second-order valence-electron chi connectivity index (χ2n) is 16.2. The summed E-state index contributed by atoms with van der Waals surface area (Å²) in [7, 11) is 0. The Morgan fingerprint density at radius 3 is 1.69 bits per heavy atom. The van der Waals surface area contributed by atoms with Gasteiger partial charge in [0.1, 0.15) is 42.8 Å². The quantitative estimate of drug-likeness (QED) is 0.101. The van der Waals surface area contributed by atoms with Crippen LogP contribution < -0.4 is 21.7 Å². The van der Waals surface area contributed by atoms with E-state index in [1.165, 1.54) is 77.9 Å². The topological polar surface area (TPSA) is 192 Å². The average Bonchev–Trinajstić information content (AvgIpc) is 4.13. The van der Waals surface area contributed by atoms with Crippen molar-refractivity contribution in [3.63, 3.8) is 0 Å². The van der Waals surface area contributed by atoms with Gasteiger partial charge in [0.2, 0.25) is 0 Å². The third-order valence-corrected chi connectivity index (χ3v) is 11.7. The summed E-state index contributed by atoms with van der Waals surface area (Å²) in [5, 5.41) is 7.75. The van der Waals surface area contributed by atoms with E-state index >= 15 is 0 Å². The van der Waals surface area contributed by atoms with Crippen LogP contribution in [0.5, 0.6) is 0 Å². The predicted molar refractivity (Wildman–Crippen MR) is 264 cm³/mol. The zero-order valence-corrected chi connectivity index (χ0v) is 40.7. The first-order chi connectivity index (χ1) is 34.0. The number of aromatic nitrogens is 4. The second kappa shape index (κ2) is 24.6. The van der Waals surface area contributed by atoms with Gasteiger partial charge in [0.15, 0.2) is 0 Å². The van der Waals surface area contributed by atoms with Crippen molar-refractivity contribution in [3.05, 3.63) is 205 Å². The predicted octanol–water partition coefficient (Wildman–Crippen LogP) is 11.5. The largest absolute Gasteiger partial charge is 0.443 e. The molecule has 9 rings (SSSR count). The molecular formula is C51H45Cl3F4N8O6. The highest BCUT2D eigenvalue weighted by Gasteiger charge is 2.32. The lowest BCUT2D eigenvalue weighted by molar-refractivity contribution is 0.101. The number of pyridine rings is 2. The number of nitrogens with zero attached hydrogens (tertiary/aromatic N) is 4. The summed E-state index contributed by atoms with van der Waals surface area (Å²) >= 11 is 11.5. The van der Waals surface area contributed by atoms with Crippen LogP contribution in [0.1, 0.15) is 90.7 Å². The van der Waals surface area contributed by atoms with E-state index in [1.807, 2.05) is 44.2 Å². The van der Waals surface area contributed by atoms with Crippen LogP contribution in [0.25, 0.3) is 0 Å². The lowest BCUT2D eigenvalue weighted by atomic mass is 10.0. The molecule has 3 heterocycles. The maximum Gasteiger partial charge on any atom is 0.419 e. The zero-order chi connectivity index (χ0) is 50.8. The van der Waals surface area contributed by atoms with E-state index in [0.29, 0.717) is 65.0 Å². The van der Waals surface area contributed by atoms with Crippen molar-refractivity contribution in [3.8, 4) is 0 Å². The fraction of sp³-hybridized carbons (Fsp3) is 0.196. The van der Waals surface area contributed by atoms with Crippen molar-refractivity contribution >= 4 is 71.0 Å². The van der Waals surface area contributed by atoms with Gasteiger partial charge in [0.25, 0.3) is 11.8 Å². The molecule has 2 aliphatic carbocycles. The summed E-state index contributed by atoms with van der Waals surface area (Å²) in [6.45, 7) is 3.87. The molecule has 0 saturated carbocycles. The highest BCUT2D eigenvalue weighted by Crippen LogP contribution is 2.37. The van der Waals surface area contributed by atoms with Gasteiger partial charge in [-0.05, 0) is 136 Å². The molecule has 0 fully saturated rings. The summed E-state index contributed by atoms with van der Waals surface area (Å²) < 4.78 is 66.5. The fourth-order valence-corrected chi connectivity index (χ4v) is 8.20. The number of anilines is 2. The van der Waals surface area contributed by atoms with Crippen LogP contribution in [-0.4, -0.2) is 43.5 Å². The minimum atomic E-state index is -0.702. The highest BCUT2D eigenvalue weighted by molar-refractivity contribution is 6.31. The number of benzene rings is 4. The molecule has 0 aliphatic heterocycles. The number of rotatable bonds is 9. The molecule has 3 amide bonds. The molecule has 14 nitrogen and oxygen atoms in total. The molecule has 2 atom stereocenters. The Kier molecular flexibility index (Phi) is 18.5. The Labute approximate surface area is 426 Å². The van der Waals surface area contributed by atoms with Crippen molar-refractivity contribution < 1.29 is 46.2 Å². The highest BCUT2D eigenvalue weighted by atomic mass is 35.5. The molecule has 3 aromatic heterocycles. The normalized spacial score (nSPS) is 13.9. The van der Waals surface area contributed by atoms with E-state index in [-0.39, 0.29) is 58.7 Å². The smallest absolute Gasteiger partial charge is 0.419 e. The van der Waals surface area contributed by atoms with Gasteiger partial charge in [-0.15, -0.1) is 12.4 Å². The Hall–Kier alpha value is -7.38. The number of hydrogen-bond donors (Lipinski definition) is 4. The van der Waals surface area contributed by atoms with E-state index in [2.05, 4.69) is 30.9 Å².